The molecule has 0 aliphatic rings. The molecule has 0 aliphatic heterocycles. The van der Waals surface area contributed by atoms with Crippen molar-refractivity contribution in [1.29, 1.82) is 0 Å². The van der Waals surface area contributed by atoms with Gasteiger partial charge >= 0.3 is 0 Å². The molecule has 0 fully saturated rings. The van der Waals surface area contributed by atoms with Crippen molar-refractivity contribution in [2.45, 2.75) is 27.2 Å². The normalized spacial score (nSPS) is 10.5. The summed E-state index contributed by atoms with van der Waals surface area (Å²) in [6.45, 7) is 6.72. The first kappa shape index (κ1) is 16.8. The van der Waals surface area contributed by atoms with Gasteiger partial charge in [-0.1, -0.05) is 47.1 Å². The number of aromatic nitrogens is 2. The van der Waals surface area contributed by atoms with Crippen LogP contribution in [0, 0.1) is 20.8 Å². The second-order valence-electron chi connectivity index (χ2n) is 6.19. The van der Waals surface area contributed by atoms with Gasteiger partial charge in [-0.25, -0.2) is 4.68 Å². The lowest BCUT2D eigenvalue weighted by Gasteiger charge is -2.07. The summed E-state index contributed by atoms with van der Waals surface area (Å²) in [5.74, 6) is 0. The first-order valence-electron chi connectivity index (χ1n) is 8.33. The summed E-state index contributed by atoms with van der Waals surface area (Å²) >= 11 is 0. The van der Waals surface area contributed by atoms with Crippen LogP contribution in [0.4, 0.5) is 0 Å². The Labute approximate surface area is 147 Å². The third-order valence-electron chi connectivity index (χ3n) is 4.38. The molecular formula is C20H21N5. The Kier molecular flexibility index (Phi) is 4.87. The van der Waals surface area contributed by atoms with E-state index < -0.39 is 0 Å². The molecule has 126 valence electrons. The first-order valence-corrected chi connectivity index (χ1v) is 8.33. The van der Waals surface area contributed by atoms with E-state index in [1.165, 1.54) is 16.7 Å². The maximum absolute atomic E-state index is 8.35. The molecule has 0 spiro atoms. The fraction of sp³-hybridized carbons (Fsp3) is 0.250. The van der Waals surface area contributed by atoms with E-state index in [0.29, 0.717) is 6.54 Å². The molecule has 0 amide bonds. The van der Waals surface area contributed by atoms with Crippen molar-refractivity contribution in [3.63, 3.8) is 0 Å². The Hall–Kier alpha value is -3.04. The summed E-state index contributed by atoms with van der Waals surface area (Å²) in [6.07, 6.45) is 0.746. The Bertz CT molecular complexity index is 914. The van der Waals surface area contributed by atoms with Crippen LogP contribution in [0.2, 0.25) is 0 Å². The molecule has 2 aromatic carbocycles. The fourth-order valence-electron chi connectivity index (χ4n) is 3.06. The van der Waals surface area contributed by atoms with Gasteiger partial charge in [-0.05, 0) is 56.0 Å². The van der Waals surface area contributed by atoms with Gasteiger partial charge in [-0.15, -0.1) is 0 Å². The van der Waals surface area contributed by atoms with E-state index in [9.17, 15) is 0 Å². The van der Waals surface area contributed by atoms with Gasteiger partial charge in [0.2, 0.25) is 0 Å². The lowest BCUT2D eigenvalue weighted by molar-refractivity contribution is 0.832. The van der Waals surface area contributed by atoms with E-state index >= 15 is 0 Å². The van der Waals surface area contributed by atoms with E-state index in [1.54, 1.807) is 0 Å². The van der Waals surface area contributed by atoms with Crippen LogP contribution < -0.4 is 0 Å². The second-order valence-corrected chi connectivity index (χ2v) is 6.19. The second kappa shape index (κ2) is 7.24. The summed E-state index contributed by atoms with van der Waals surface area (Å²) in [5.41, 5.74) is 16.3. The Balaban J connectivity index is 1.92. The Morgan fingerprint density at radius 2 is 1.68 bits per heavy atom. The molecule has 3 rings (SSSR count). The van der Waals surface area contributed by atoms with Crippen LogP contribution in [0.5, 0.6) is 0 Å². The fourth-order valence-corrected chi connectivity index (χ4v) is 3.06. The van der Waals surface area contributed by atoms with Crippen molar-refractivity contribution >= 4 is 0 Å². The quantitative estimate of drug-likeness (QED) is 0.354. The number of aryl methyl sites for hydroxylation is 2. The van der Waals surface area contributed by atoms with Gasteiger partial charge in [0.05, 0.1) is 11.4 Å². The van der Waals surface area contributed by atoms with Crippen LogP contribution in [-0.4, -0.2) is 16.3 Å². The summed E-state index contributed by atoms with van der Waals surface area (Å²) < 4.78 is 1.99. The predicted molar refractivity (Wildman–Crippen MR) is 101 cm³/mol. The standard InChI is InChI=1S/C20H21N5/c1-14-4-8-18(9-5-14)20-15(2)23-25(16(20)3)19-10-6-17(7-11-19)12-13-22-24-21/h4-11H,12-13H2,1-3H3. The topological polar surface area (TPSA) is 66.6 Å². The van der Waals surface area contributed by atoms with E-state index in [-0.39, 0.29) is 0 Å². The number of azide groups is 1. The molecule has 0 bridgehead atoms. The average molecular weight is 331 g/mol. The van der Waals surface area contributed by atoms with Crippen molar-refractivity contribution in [3.8, 4) is 16.8 Å². The van der Waals surface area contributed by atoms with Crippen LogP contribution in [0.25, 0.3) is 27.3 Å². The molecule has 5 heteroatoms. The number of hydrogen-bond acceptors (Lipinski definition) is 2. The molecule has 0 unspecified atom stereocenters. The molecule has 0 saturated heterocycles. The van der Waals surface area contributed by atoms with Crippen molar-refractivity contribution in [3.05, 3.63) is 81.5 Å². The van der Waals surface area contributed by atoms with E-state index in [1.807, 2.05) is 11.6 Å². The van der Waals surface area contributed by atoms with Crippen LogP contribution in [0.15, 0.2) is 53.6 Å². The van der Waals surface area contributed by atoms with Gasteiger partial charge in [0.25, 0.3) is 0 Å². The zero-order valence-corrected chi connectivity index (χ0v) is 14.8. The number of nitrogens with zero attached hydrogens (tertiary/aromatic N) is 5. The predicted octanol–water partition coefficient (Wildman–Crippen LogP) is 5.32. The van der Waals surface area contributed by atoms with Gasteiger partial charge in [0.15, 0.2) is 0 Å². The van der Waals surface area contributed by atoms with Crippen LogP contribution in [0.1, 0.15) is 22.5 Å². The molecule has 1 aromatic heterocycles. The van der Waals surface area contributed by atoms with E-state index in [0.717, 1.165) is 29.1 Å². The summed E-state index contributed by atoms with van der Waals surface area (Å²) in [5, 5.41) is 8.31. The van der Waals surface area contributed by atoms with Crippen molar-refractivity contribution in [1.82, 2.24) is 9.78 Å². The number of benzene rings is 2. The first-order chi connectivity index (χ1) is 12.1. The van der Waals surface area contributed by atoms with Gasteiger partial charge in [-0.2, -0.15) is 5.10 Å². The van der Waals surface area contributed by atoms with Crippen LogP contribution in [0.3, 0.4) is 0 Å². The minimum Gasteiger partial charge on any atom is -0.237 e. The highest BCUT2D eigenvalue weighted by atomic mass is 15.3. The molecule has 0 saturated carbocycles. The molecule has 5 nitrogen and oxygen atoms in total. The molecule has 0 atom stereocenters. The highest BCUT2D eigenvalue weighted by Gasteiger charge is 2.14. The third-order valence-corrected chi connectivity index (χ3v) is 4.38. The molecule has 0 N–H and O–H groups in total. The summed E-state index contributed by atoms with van der Waals surface area (Å²) in [6, 6.07) is 16.8. The number of hydrogen-bond donors (Lipinski definition) is 0. The summed E-state index contributed by atoms with van der Waals surface area (Å²) in [7, 11) is 0. The van der Waals surface area contributed by atoms with Gasteiger partial charge in [0.1, 0.15) is 0 Å². The zero-order valence-electron chi connectivity index (χ0n) is 14.8. The molecule has 0 aliphatic carbocycles. The van der Waals surface area contributed by atoms with Crippen molar-refractivity contribution in [2.75, 3.05) is 6.54 Å². The zero-order chi connectivity index (χ0) is 17.8. The minimum atomic E-state index is 0.479. The van der Waals surface area contributed by atoms with Crippen molar-refractivity contribution < 1.29 is 0 Å². The van der Waals surface area contributed by atoms with E-state index in [2.05, 4.69) is 72.4 Å². The van der Waals surface area contributed by atoms with Gasteiger partial charge in [-0.3, -0.25) is 0 Å². The van der Waals surface area contributed by atoms with Gasteiger partial charge in [0, 0.05) is 22.7 Å². The maximum Gasteiger partial charge on any atom is 0.0679 e. The summed E-state index contributed by atoms with van der Waals surface area (Å²) in [4.78, 5) is 2.79. The van der Waals surface area contributed by atoms with Gasteiger partial charge < -0.3 is 0 Å². The van der Waals surface area contributed by atoms with Crippen molar-refractivity contribution in [2.24, 2.45) is 5.11 Å². The molecular weight excluding hydrogens is 310 g/mol. The van der Waals surface area contributed by atoms with Crippen LogP contribution in [-0.2, 0) is 6.42 Å². The largest absolute Gasteiger partial charge is 0.237 e. The average Bonchev–Trinajstić information content (AvgIpc) is 2.91. The SMILES string of the molecule is Cc1ccc(-c2c(C)nn(-c3ccc(CCN=[N+]=[N-])cc3)c2C)cc1. The highest BCUT2D eigenvalue weighted by molar-refractivity contribution is 5.69. The molecule has 1 heterocycles. The number of rotatable bonds is 5. The Morgan fingerprint density at radius 3 is 2.32 bits per heavy atom. The molecule has 3 aromatic rings. The molecule has 25 heavy (non-hydrogen) atoms. The third kappa shape index (κ3) is 3.57. The lowest BCUT2D eigenvalue weighted by Crippen LogP contribution is -1.99. The lowest BCUT2D eigenvalue weighted by atomic mass is 10.0. The van der Waals surface area contributed by atoms with E-state index in [4.69, 9.17) is 10.6 Å². The molecule has 0 radical (unpaired) electrons. The maximum atomic E-state index is 8.35. The van der Waals surface area contributed by atoms with Crippen LogP contribution >= 0.6 is 0 Å². The monoisotopic (exact) mass is 331 g/mol. The highest BCUT2D eigenvalue weighted by Crippen LogP contribution is 2.29. The Morgan fingerprint density at radius 1 is 1.00 bits per heavy atom. The minimum absolute atomic E-state index is 0.479. The smallest absolute Gasteiger partial charge is 0.0679 e.